The van der Waals surface area contributed by atoms with E-state index in [1.807, 2.05) is 19.9 Å². The lowest BCUT2D eigenvalue weighted by Gasteiger charge is -2.28. The first-order valence-corrected chi connectivity index (χ1v) is 7.11. The van der Waals surface area contributed by atoms with Gasteiger partial charge >= 0.3 is 5.97 Å². The minimum absolute atomic E-state index is 0.199. The quantitative estimate of drug-likeness (QED) is 0.896. The molecule has 0 aromatic carbocycles. The van der Waals surface area contributed by atoms with Crippen LogP contribution in [0.1, 0.15) is 41.5 Å². The first-order chi connectivity index (χ1) is 9.52. The summed E-state index contributed by atoms with van der Waals surface area (Å²) in [5, 5.41) is 9.44. The number of carboxylic acid groups (broad SMARTS) is 1. The molecule has 1 aromatic rings. The second-order valence-corrected chi connectivity index (χ2v) is 5.22. The van der Waals surface area contributed by atoms with Gasteiger partial charge in [-0.2, -0.15) is 0 Å². The van der Waals surface area contributed by atoms with Crippen molar-refractivity contribution >= 4 is 11.7 Å². The third-order valence-electron chi connectivity index (χ3n) is 3.69. The summed E-state index contributed by atoms with van der Waals surface area (Å²) >= 11 is 0. The van der Waals surface area contributed by atoms with Crippen LogP contribution in [0.25, 0.3) is 0 Å². The van der Waals surface area contributed by atoms with Gasteiger partial charge in [0.2, 0.25) is 0 Å². The van der Waals surface area contributed by atoms with Crippen LogP contribution in [0.2, 0.25) is 0 Å². The fraction of sp³-hybridized carbons (Fsp3) is 0.600. The van der Waals surface area contributed by atoms with Crippen molar-refractivity contribution in [1.29, 1.82) is 0 Å². The second-order valence-electron chi connectivity index (χ2n) is 5.22. The maximum Gasteiger partial charge on any atom is 0.339 e. The Morgan fingerprint density at radius 1 is 1.55 bits per heavy atom. The zero-order chi connectivity index (χ0) is 14.7. The van der Waals surface area contributed by atoms with E-state index in [0.29, 0.717) is 11.3 Å². The lowest BCUT2D eigenvalue weighted by atomic mass is 10.1. The van der Waals surface area contributed by atoms with E-state index in [4.69, 9.17) is 4.74 Å². The average Bonchev–Trinajstić information content (AvgIpc) is 2.87. The average molecular weight is 278 g/mol. The molecule has 2 heterocycles. The molecule has 1 aromatic heterocycles. The van der Waals surface area contributed by atoms with Crippen molar-refractivity contribution in [2.24, 2.45) is 0 Å². The molecule has 1 saturated heterocycles. The number of pyridine rings is 1. The van der Waals surface area contributed by atoms with Gasteiger partial charge in [0.25, 0.3) is 0 Å². The molecule has 0 spiro atoms. The van der Waals surface area contributed by atoms with Crippen LogP contribution < -0.4 is 4.90 Å². The largest absolute Gasteiger partial charge is 0.478 e. The summed E-state index contributed by atoms with van der Waals surface area (Å²) in [7, 11) is 0. The van der Waals surface area contributed by atoms with Crippen molar-refractivity contribution in [3.8, 4) is 0 Å². The molecule has 5 heteroatoms. The Morgan fingerprint density at radius 2 is 2.30 bits per heavy atom. The summed E-state index contributed by atoms with van der Waals surface area (Å²) in [6.07, 6.45) is 2.33. The van der Waals surface area contributed by atoms with Gasteiger partial charge in [-0.25, -0.2) is 4.79 Å². The van der Waals surface area contributed by atoms with Crippen LogP contribution in [0.15, 0.2) is 6.07 Å². The number of anilines is 1. The molecule has 0 saturated carbocycles. The van der Waals surface area contributed by atoms with Crippen LogP contribution in [-0.4, -0.2) is 41.9 Å². The second kappa shape index (κ2) is 6.22. The van der Waals surface area contributed by atoms with E-state index in [0.717, 1.165) is 43.9 Å². The van der Waals surface area contributed by atoms with Crippen molar-refractivity contribution in [3.05, 3.63) is 23.0 Å². The van der Waals surface area contributed by atoms with Crippen molar-refractivity contribution in [2.75, 3.05) is 24.6 Å². The molecule has 0 bridgehead atoms. The van der Waals surface area contributed by atoms with Crippen molar-refractivity contribution < 1.29 is 14.6 Å². The Labute approximate surface area is 119 Å². The van der Waals surface area contributed by atoms with Gasteiger partial charge < -0.3 is 14.7 Å². The monoisotopic (exact) mass is 278 g/mol. The molecule has 1 atom stereocenters. The van der Waals surface area contributed by atoms with Gasteiger partial charge in [-0.1, -0.05) is 0 Å². The molecular formula is C15H22N2O3. The minimum atomic E-state index is -0.921. The highest BCUT2D eigenvalue weighted by molar-refractivity contribution is 5.95. The molecule has 1 aliphatic rings. The zero-order valence-corrected chi connectivity index (χ0v) is 12.3. The van der Waals surface area contributed by atoms with E-state index in [1.165, 1.54) is 0 Å². The number of aromatic nitrogens is 1. The van der Waals surface area contributed by atoms with E-state index in [2.05, 4.69) is 9.88 Å². The molecule has 1 N–H and O–H groups in total. The maximum atomic E-state index is 11.5. The summed E-state index contributed by atoms with van der Waals surface area (Å²) < 4.78 is 5.66. The topological polar surface area (TPSA) is 62.7 Å². The molecule has 0 aliphatic carbocycles. The molecule has 0 radical (unpaired) electrons. The summed E-state index contributed by atoms with van der Waals surface area (Å²) in [5.41, 5.74) is 2.46. The highest BCUT2D eigenvalue weighted by atomic mass is 16.5. The van der Waals surface area contributed by atoms with E-state index in [-0.39, 0.29) is 6.10 Å². The summed E-state index contributed by atoms with van der Waals surface area (Å²) in [6.45, 7) is 7.97. The molecule has 2 rings (SSSR count). The van der Waals surface area contributed by atoms with Crippen LogP contribution in [0.4, 0.5) is 5.69 Å². The van der Waals surface area contributed by atoms with Gasteiger partial charge in [0.15, 0.2) is 0 Å². The van der Waals surface area contributed by atoms with E-state index in [1.54, 1.807) is 6.92 Å². The lowest BCUT2D eigenvalue weighted by Crippen LogP contribution is -2.33. The molecule has 1 unspecified atom stereocenters. The normalized spacial score (nSPS) is 18.2. The summed E-state index contributed by atoms with van der Waals surface area (Å²) in [6, 6.07) is 1.86. The van der Waals surface area contributed by atoms with Crippen LogP contribution >= 0.6 is 0 Å². The maximum absolute atomic E-state index is 11.5. The molecular weight excluding hydrogens is 256 g/mol. The predicted molar refractivity (Wildman–Crippen MR) is 77.5 cm³/mol. The Balaban J connectivity index is 2.34. The number of hydrogen-bond donors (Lipinski definition) is 1. The lowest BCUT2D eigenvalue weighted by molar-refractivity contribution is 0.0695. The number of hydrogen-bond acceptors (Lipinski definition) is 4. The minimum Gasteiger partial charge on any atom is -0.478 e. The van der Waals surface area contributed by atoms with Crippen LogP contribution in [0, 0.1) is 13.8 Å². The zero-order valence-electron chi connectivity index (χ0n) is 12.3. The fourth-order valence-corrected chi connectivity index (χ4v) is 2.75. The van der Waals surface area contributed by atoms with Gasteiger partial charge in [0.1, 0.15) is 5.56 Å². The molecule has 110 valence electrons. The Morgan fingerprint density at radius 3 is 2.85 bits per heavy atom. The van der Waals surface area contributed by atoms with Gasteiger partial charge in [0, 0.05) is 25.4 Å². The van der Waals surface area contributed by atoms with Gasteiger partial charge in [-0.15, -0.1) is 0 Å². The Kier molecular flexibility index (Phi) is 4.60. The van der Waals surface area contributed by atoms with E-state index >= 15 is 0 Å². The molecule has 5 nitrogen and oxygen atoms in total. The van der Waals surface area contributed by atoms with E-state index < -0.39 is 5.97 Å². The third kappa shape index (κ3) is 3.10. The van der Waals surface area contributed by atoms with Crippen molar-refractivity contribution in [3.63, 3.8) is 0 Å². The number of aryl methyl sites for hydroxylation is 2. The number of carboxylic acids is 1. The van der Waals surface area contributed by atoms with Gasteiger partial charge in [-0.3, -0.25) is 4.98 Å². The number of likely N-dealkylation sites (N-methyl/N-ethyl adjacent to an activating group) is 1. The first-order valence-electron chi connectivity index (χ1n) is 7.11. The van der Waals surface area contributed by atoms with Crippen molar-refractivity contribution in [2.45, 2.75) is 39.7 Å². The number of ether oxygens (including phenoxy) is 1. The number of nitrogens with zero attached hydrogens (tertiary/aromatic N) is 2. The predicted octanol–water partition coefficient (Wildman–Crippen LogP) is 2.40. The summed E-state index contributed by atoms with van der Waals surface area (Å²) in [5.74, 6) is -0.921. The Hall–Kier alpha value is -1.62. The fourth-order valence-electron chi connectivity index (χ4n) is 2.75. The SMILES string of the molecule is CCN(CC1CCCO1)c1cc(C)nc(C)c1C(=O)O. The van der Waals surface area contributed by atoms with Gasteiger partial charge in [-0.05, 0) is 39.7 Å². The van der Waals surface area contributed by atoms with E-state index in [9.17, 15) is 9.90 Å². The smallest absolute Gasteiger partial charge is 0.339 e. The first kappa shape index (κ1) is 14.8. The molecule has 20 heavy (non-hydrogen) atoms. The highest BCUT2D eigenvalue weighted by Gasteiger charge is 2.23. The van der Waals surface area contributed by atoms with Crippen LogP contribution in [0.5, 0.6) is 0 Å². The Bertz CT molecular complexity index is 496. The number of aromatic carboxylic acids is 1. The number of rotatable bonds is 5. The molecule has 0 amide bonds. The third-order valence-corrected chi connectivity index (χ3v) is 3.69. The molecule has 1 aliphatic heterocycles. The van der Waals surface area contributed by atoms with Crippen LogP contribution in [-0.2, 0) is 4.74 Å². The summed E-state index contributed by atoms with van der Waals surface area (Å²) in [4.78, 5) is 17.9. The standard InChI is InChI=1S/C15H22N2O3/c1-4-17(9-12-6-5-7-20-12)13-8-10(2)16-11(3)14(13)15(18)19/h8,12H,4-7,9H2,1-3H3,(H,18,19). The number of carbonyl (C=O) groups is 1. The van der Waals surface area contributed by atoms with Gasteiger partial charge in [0.05, 0.1) is 17.5 Å². The van der Waals surface area contributed by atoms with Crippen molar-refractivity contribution in [1.82, 2.24) is 4.98 Å². The highest BCUT2D eigenvalue weighted by Crippen LogP contribution is 2.26. The van der Waals surface area contributed by atoms with Crippen LogP contribution in [0.3, 0.4) is 0 Å². The molecule has 1 fully saturated rings.